The second-order valence-corrected chi connectivity index (χ2v) is 7.67. The minimum Gasteiger partial charge on any atom is -0.456 e. The van der Waals surface area contributed by atoms with Gasteiger partial charge in [0.1, 0.15) is 11.2 Å². The molecule has 0 saturated carbocycles. The van der Waals surface area contributed by atoms with Crippen LogP contribution >= 0.6 is 11.3 Å². The van der Waals surface area contributed by atoms with E-state index in [0.717, 1.165) is 11.2 Å². The van der Waals surface area contributed by atoms with E-state index >= 15 is 0 Å². The summed E-state index contributed by atoms with van der Waals surface area (Å²) in [6.45, 7) is 0. The van der Waals surface area contributed by atoms with Gasteiger partial charge in [0, 0.05) is 30.9 Å². The van der Waals surface area contributed by atoms with Crippen molar-refractivity contribution in [1.29, 1.82) is 0 Å². The average Bonchev–Trinajstić information content (AvgIpc) is 3.25. The Morgan fingerprint density at radius 1 is 0.577 bits per heavy atom. The highest BCUT2D eigenvalue weighted by molar-refractivity contribution is 7.25. The smallest absolute Gasteiger partial charge is 0.136 e. The fraction of sp³-hybridized carbons (Fsp3) is 0. The van der Waals surface area contributed by atoms with Crippen LogP contribution in [0.1, 0.15) is 0 Å². The normalized spacial score (nSPS) is 11.8. The van der Waals surface area contributed by atoms with E-state index in [2.05, 4.69) is 72.8 Å². The maximum atomic E-state index is 6.06. The van der Waals surface area contributed by atoms with Crippen LogP contribution in [0.4, 0.5) is 0 Å². The average molecular weight is 350 g/mol. The summed E-state index contributed by atoms with van der Waals surface area (Å²) in [5.41, 5.74) is 4.35. The number of hydrogen-bond donors (Lipinski definition) is 0. The van der Waals surface area contributed by atoms with Crippen LogP contribution < -0.4 is 0 Å². The summed E-state index contributed by atoms with van der Waals surface area (Å²) in [5, 5.41) is 5.03. The summed E-state index contributed by atoms with van der Waals surface area (Å²) in [6.07, 6.45) is 0. The molecule has 0 aliphatic rings. The maximum Gasteiger partial charge on any atom is 0.136 e. The number of fused-ring (bicyclic) bond motifs is 6. The topological polar surface area (TPSA) is 13.1 Å². The molecule has 6 rings (SSSR count). The predicted molar refractivity (Wildman–Crippen MR) is 112 cm³/mol. The zero-order valence-electron chi connectivity index (χ0n) is 13.9. The molecule has 0 bridgehead atoms. The first-order valence-corrected chi connectivity index (χ1v) is 9.52. The van der Waals surface area contributed by atoms with Gasteiger partial charge in [-0.15, -0.1) is 11.3 Å². The van der Waals surface area contributed by atoms with Gasteiger partial charge in [-0.3, -0.25) is 0 Å². The van der Waals surface area contributed by atoms with E-state index in [1.54, 1.807) is 0 Å². The second-order valence-electron chi connectivity index (χ2n) is 6.59. The van der Waals surface area contributed by atoms with Crippen molar-refractivity contribution in [1.82, 2.24) is 0 Å². The van der Waals surface area contributed by atoms with E-state index in [1.165, 1.54) is 42.1 Å². The molecule has 0 fully saturated rings. The first kappa shape index (κ1) is 14.1. The van der Waals surface area contributed by atoms with Gasteiger partial charge in [0.15, 0.2) is 0 Å². The van der Waals surface area contributed by atoms with Crippen molar-refractivity contribution in [2.45, 2.75) is 0 Å². The van der Waals surface area contributed by atoms with Gasteiger partial charge < -0.3 is 4.42 Å². The Labute approximate surface area is 154 Å². The summed E-state index contributed by atoms with van der Waals surface area (Å²) in [5.74, 6) is 0. The Bertz CT molecular complexity index is 1430. The Hall–Kier alpha value is -3.10. The van der Waals surface area contributed by atoms with Crippen molar-refractivity contribution in [2.75, 3.05) is 0 Å². The maximum absolute atomic E-state index is 6.06. The van der Waals surface area contributed by atoms with Crippen molar-refractivity contribution in [3.05, 3.63) is 84.9 Å². The molecular formula is C24H14OS. The van der Waals surface area contributed by atoms with Crippen LogP contribution in [0.15, 0.2) is 89.3 Å². The zero-order chi connectivity index (χ0) is 17.1. The van der Waals surface area contributed by atoms with Crippen LogP contribution in [0.25, 0.3) is 53.2 Å². The van der Waals surface area contributed by atoms with Crippen LogP contribution in [0.2, 0.25) is 0 Å². The summed E-state index contributed by atoms with van der Waals surface area (Å²) in [7, 11) is 0. The van der Waals surface area contributed by atoms with Crippen LogP contribution in [0.5, 0.6) is 0 Å². The largest absolute Gasteiger partial charge is 0.456 e. The van der Waals surface area contributed by atoms with E-state index < -0.39 is 0 Å². The summed E-state index contributed by atoms with van der Waals surface area (Å²) >= 11 is 1.85. The lowest BCUT2D eigenvalue weighted by molar-refractivity contribution is 0.669. The SMILES string of the molecule is c1ccc2c(c1)oc1cccc(-c3ccc4sc5ccccc5c4c3)c12. The third-order valence-corrected chi connectivity index (χ3v) is 6.24. The van der Waals surface area contributed by atoms with Gasteiger partial charge in [-0.1, -0.05) is 54.6 Å². The van der Waals surface area contributed by atoms with Crippen LogP contribution in [0, 0.1) is 0 Å². The molecule has 2 heterocycles. The number of furan rings is 1. The van der Waals surface area contributed by atoms with Crippen molar-refractivity contribution >= 4 is 53.4 Å². The lowest BCUT2D eigenvalue weighted by Gasteiger charge is -2.04. The standard InChI is InChI=1S/C24H14OS/c1-3-9-20-18(7-1)24-16(8-5-10-21(24)25-20)15-12-13-23-19(14-15)17-6-2-4-11-22(17)26-23/h1-14H. The molecule has 0 atom stereocenters. The van der Waals surface area contributed by atoms with Crippen LogP contribution in [0.3, 0.4) is 0 Å². The Kier molecular flexibility index (Phi) is 2.82. The van der Waals surface area contributed by atoms with Crippen molar-refractivity contribution < 1.29 is 4.42 Å². The number of para-hydroxylation sites is 1. The second kappa shape index (κ2) is 5.20. The highest BCUT2D eigenvalue weighted by Gasteiger charge is 2.13. The molecule has 0 aliphatic carbocycles. The Morgan fingerprint density at radius 2 is 1.35 bits per heavy atom. The van der Waals surface area contributed by atoms with Crippen LogP contribution in [-0.4, -0.2) is 0 Å². The van der Waals surface area contributed by atoms with E-state index in [-0.39, 0.29) is 0 Å². The third-order valence-electron chi connectivity index (χ3n) is 5.09. The fourth-order valence-electron chi connectivity index (χ4n) is 3.91. The molecule has 4 aromatic carbocycles. The quantitative estimate of drug-likeness (QED) is 0.297. The number of benzene rings is 4. The molecule has 0 amide bonds. The molecule has 1 nitrogen and oxygen atoms in total. The van der Waals surface area contributed by atoms with E-state index in [9.17, 15) is 0 Å². The lowest BCUT2D eigenvalue weighted by atomic mass is 9.98. The zero-order valence-corrected chi connectivity index (χ0v) is 14.7. The molecule has 2 heteroatoms. The third kappa shape index (κ3) is 1.91. The summed E-state index contributed by atoms with van der Waals surface area (Å²) in [6, 6.07) is 30.0. The molecule has 26 heavy (non-hydrogen) atoms. The molecule has 0 N–H and O–H groups in total. The first-order chi connectivity index (χ1) is 12.9. The minimum absolute atomic E-state index is 0.942. The van der Waals surface area contributed by atoms with Gasteiger partial charge in [-0.2, -0.15) is 0 Å². The Balaban J connectivity index is 1.71. The van der Waals surface area contributed by atoms with E-state index in [4.69, 9.17) is 4.42 Å². The lowest BCUT2D eigenvalue weighted by Crippen LogP contribution is -1.79. The van der Waals surface area contributed by atoms with Crippen LogP contribution in [-0.2, 0) is 0 Å². The number of rotatable bonds is 1. The highest BCUT2D eigenvalue weighted by Crippen LogP contribution is 2.40. The molecule has 122 valence electrons. The van der Waals surface area contributed by atoms with Gasteiger partial charge in [0.05, 0.1) is 0 Å². The van der Waals surface area contributed by atoms with Crippen molar-refractivity contribution in [3.63, 3.8) is 0 Å². The monoisotopic (exact) mass is 350 g/mol. The van der Waals surface area contributed by atoms with Crippen molar-refractivity contribution in [3.8, 4) is 11.1 Å². The van der Waals surface area contributed by atoms with Gasteiger partial charge in [0.25, 0.3) is 0 Å². The molecule has 0 saturated heterocycles. The molecule has 6 aromatic rings. The summed E-state index contributed by atoms with van der Waals surface area (Å²) < 4.78 is 8.73. The molecule has 2 aromatic heterocycles. The predicted octanol–water partition coefficient (Wildman–Crippen LogP) is 7.62. The van der Waals surface area contributed by atoms with Gasteiger partial charge in [0.2, 0.25) is 0 Å². The fourth-order valence-corrected chi connectivity index (χ4v) is 5.00. The first-order valence-electron chi connectivity index (χ1n) is 8.70. The van der Waals surface area contributed by atoms with E-state index in [1.807, 2.05) is 23.5 Å². The molecule has 0 unspecified atom stereocenters. The Morgan fingerprint density at radius 3 is 2.31 bits per heavy atom. The van der Waals surface area contributed by atoms with E-state index in [0.29, 0.717) is 0 Å². The number of thiophene rings is 1. The molecular weight excluding hydrogens is 336 g/mol. The molecule has 0 radical (unpaired) electrons. The van der Waals surface area contributed by atoms with Gasteiger partial charge >= 0.3 is 0 Å². The highest BCUT2D eigenvalue weighted by atomic mass is 32.1. The molecule has 0 aliphatic heterocycles. The molecule has 0 spiro atoms. The van der Waals surface area contributed by atoms with Gasteiger partial charge in [-0.25, -0.2) is 0 Å². The minimum atomic E-state index is 0.942. The summed E-state index contributed by atoms with van der Waals surface area (Å²) in [4.78, 5) is 0. The van der Waals surface area contributed by atoms with Gasteiger partial charge in [-0.05, 0) is 41.5 Å². The number of hydrogen-bond acceptors (Lipinski definition) is 2. The van der Waals surface area contributed by atoms with Crippen molar-refractivity contribution in [2.24, 2.45) is 0 Å².